The van der Waals surface area contributed by atoms with Gasteiger partial charge < -0.3 is 19.3 Å². The number of furan rings is 1. The number of rotatable bonds is 14. The second-order valence-corrected chi connectivity index (χ2v) is 21.8. The summed E-state index contributed by atoms with van der Waals surface area (Å²) in [6.07, 6.45) is 14.6. The fourth-order valence-electron chi connectivity index (χ4n) is 13.0. The van der Waals surface area contributed by atoms with Gasteiger partial charge in [0.15, 0.2) is 5.58 Å². The van der Waals surface area contributed by atoms with Crippen LogP contribution >= 0.6 is 0 Å². The number of hydrogen-bond donors (Lipinski definition) is 1. The second-order valence-electron chi connectivity index (χ2n) is 21.8. The Kier molecular flexibility index (Phi) is 13.4. The minimum atomic E-state index is 0.179. The van der Waals surface area contributed by atoms with Crippen LogP contribution in [0.25, 0.3) is 82.6 Å². The minimum Gasteiger partial charge on any atom is -0.506 e. The Labute approximate surface area is 470 Å². The van der Waals surface area contributed by atoms with E-state index in [1.54, 1.807) is 0 Å². The number of hydrogen-bond acceptors (Lipinski definition) is 4. The van der Waals surface area contributed by atoms with Gasteiger partial charge in [0, 0.05) is 38.5 Å². The van der Waals surface area contributed by atoms with Crippen LogP contribution in [0.15, 0.2) is 234 Å². The van der Waals surface area contributed by atoms with Crippen LogP contribution in [0.1, 0.15) is 85.8 Å². The molecule has 1 aromatic heterocycles. The zero-order valence-corrected chi connectivity index (χ0v) is 46.4. The summed E-state index contributed by atoms with van der Waals surface area (Å²) in [6.45, 7) is 10.8. The average Bonchev–Trinajstić information content (AvgIpc) is 4.32. The molecule has 13 rings (SSSR count). The molecule has 0 amide bonds. The van der Waals surface area contributed by atoms with Gasteiger partial charge in [0.05, 0.1) is 22.8 Å². The van der Waals surface area contributed by atoms with E-state index in [0.29, 0.717) is 11.6 Å². The molecule has 0 spiro atoms. The number of benzene rings is 11. The van der Waals surface area contributed by atoms with Crippen molar-refractivity contribution in [2.75, 3.05) is 9.80 Å². The highest BCUT2D eigenvalue weighted by atomic mass is 16.3. The third-order valence-electron chi connectivity index (χ3n) is 17.0. The van der Waals surface area contributed by atoms with Crippen molar-refractivity contribution in [2.24, 2.45) is 0 Å². The monoisotopic (exact) mass is 1040 g/mol. The molecular formula is C76H66N2O2. The van der Waals surface area contributed by atoms with Gasteiger partial charge in [-0.2, -0.15) is 0 Å². The van der Waals surface area contributed by atoms with E-state index in [-0.39, 0.29) is 5.76 Å². The molecule has 80 heavy (non-hydrogen) atoms. The van der Waals surface area contributed by atoms with Crippen molar-refractivity contribution in [3.8, 4) is 22.3 Å². The highest BCUT2D eigenvalue weighted by molar-refractivity contribution is 6.29. The molecule has 0 atom stereocenters. The maximum Gasteiger partial charge on any atom is 0.159 e. The Hall–Kier alpha value is -9.12. The SMILES string of the molecule is C\C=C/C=C(\C(O)=C\c1cccc(-c2ccccc2CC)c1)N(c1ccccc1C)c1cc(C2CCCC2)c2ccc3c(N(c4ccc(C)cc4)c4cccc5c4oc4c(-c6ccccc6CC)cccc45)ccc4ccc1c2c43. The van der Waals surface area contributed by atoms with Crippen molar-refractivity contribution in [1.82, 2.24) is 0 Å². The topological polar surface area (TPSA) is 39.9 Å². The zero-order valence-electron chi connectivity index (χ0n) is 46.4. The quantitative estimate of drug-likeness (QED) is 0.0669. The molecule has 11 aromatic carbocycles. The summed E-state index contributed by atoms with van der Waals surface area (Å²) in [7, 11) is 0. The summed E-state index contributed by atoms with van der Waals surface area (Å²) < 4.78 is 7.27. The molecule has 1 aliphatic rings. The van der Waals surface area contributed by atoms with Crippen LogP contribution in [-0.4, -0.2) is 5.11 Å². The molecule has 0 unspecified atom stereocenters. The smallest absolute Gasteiger partial charge is 0.159 e. The molecule has 12 aromatic rings. The van der Waals surface area contributed by atoms with Crippen molar-refractivity contribution < 1.29 is 9.52 Å². The Balaban J connectivity index is 1.06. The van der Waals surface area contributed by atoms with Crippen molar-refractivity contribution in [1.29, 1.82) is 0 Å². The Morgan fingerprint density at radius 1 is 0.550 bits per heavy atom. The number of anilines is 5. The first-order chi connectivity index (χ1) is 39.3. The predicted octanol–water partition coefficient (Wildman–Crippen LogP) is 21.9. The third-order valence-corrected chi connectivity index (χ3v) is 17.0. The van der Waals surface area contributed by atoms with E-state index in [4.69, 9.17) is 4.42 Å². The first kappa shape index (κ1) is 50.4. The van der Waals surface area contributed by atoms with Crippen LogP contribution < -0.4 is 9.80 Å². The molecule has 4 nitrogen and oxygen atoms in total. The second kappa shape index (κ2) is 21.3. The molecule has 1 N–H and O–H groups in total. The summed E-state index contributed by atoms with van der Waals surface area (Å²) in [5.41, 5.74) is 19.4. The number of aliphatic hydroxyl groups excluding tert-OH is 1. The number of para-hydroxylation sites is 3. The van der Waals surface area contributed by atoms with Gasteiger partial charge in [-0.3, -0.25) is 0 Å². The van der Waals surface area contributed by atoms with Gasteiger partial charge in [0.2, 0.25) is 0 Å². The maximum atomic E-state index is 12.9. The third kappa shape index (κ3) is 8.80. The van der Waals surface area contributed by atoms with E-state index in [9.17, 15) is 5.11 Å². The Morgan fingerprint density at radius 2 is 1.19 bits per heavy atom. The number of nitrogens with zero attached hydrogens (tertiary/aromatic N) is 2. The number of aryl methyl sites for hydroxylation is 4. The van der Waals surface area contributed by atoms with Crippen LogP contribution in [0, 0.1) is 13.8 Å². The lowest BCUT2D eigenvalue weighted by Crippen LogP contribution is -2.20. The zero-order chi connectivity index (χ0) is 54.4. The van der Waals surface area contributed by atoms with E-state index >= 15 is 0 Å². The summed E-state index contributed by atoms with van der Waals surface area (Å²) in [6, 6.07) is 73.1. The van der Waals surface area contributed by atoms with Crippen LogP contribution in [0.3, 0.4) is 0 Å². The molecule has 1 aliphatic carbocycles. The molecule has 0 aliphatic heterocycles. The summed E-state index contributed by atoms with van der Waals surface area (Å²) in [5.74, 6) is 0.569. The van der Waals surface area contributed by atoms with Gasteiger partial charge in [-0.05, 0) is 173 Å². The lowest BCUT2D eigenvalue weighted by Gasteiger charge is -2.32. The van der Waals surface area contributed by atoms with Gasteiger partial charge in [-0.15, -0.1) is 0 Å². The first-order valence-corrected chi connectivity index (χ1v) is 28.7. The molecule has 392 valence electrons. The molecule has 0 bridgehead atoms. The highest BCUT2D eigenvalue weighted by Crippen LogP contribution is 2.52. The van der Waals surface area contributed by atoms with Crippen LogP contribution in [0.4, 0.5) is 28.4 Å². The molecule has 0 radical (unpaired) electrons. The van der Waals surface area contributed by atoms with E-state index in [0.717, 1.165) is 109 Å². The summed E-state index contributed by atoms with van der Waals surface area (Å²) >= 11 is 0. The summed E-state index contributed by atoms with van der Waals surface area (Å²) in [4.78, 5) is 4.75. The Bertz CT molecular complexity index is 4390. The normalized spacial score (nSPS) is 13.6. The van der Waals surface area contributed by atoms with Crippen molar-refractivity contribution in [3.63, 3.8) is 0 Å². The largest absolute Gasteiger partial charge is 0.506 e. The molecule has 1 fully saturated rings. The van der Waals surface area contributed by atoms with Crippen molar-refractivity contribution >= 4 is 88.8 Å². The van der Waals surface area contributed by atoms with E-state index in [2.05, 4.69) is 244 Å². The Morgan fingerprint density at radius 3 is 1.96 bits per heavy atom. The van der Waals surface area contributed by atoms with Crippen molar-refractivity contribution in [3.05, 3.63) is 263 Å². The van der Waals surface area contributed by atoms with Crippen LogP contribution in [0.2, 0.25) is 0 Å². The number of fused-ring (bicyclic) bond motifs is 3. The van der Waals surface area contributed by atoms with Gasteiger partial charge in [0.1, 0.15) is 11.3 Å². The number of aliphatic hydroxyl groups is 1. The molecule has 1 saturated carbocycles. The average molecular weight is 1040 g/mol. The van der Waals surface area contributed by atoms with E-state index < -0.39 is 0 Å². The molecule has 0 saturated heterocycles. The maximum absolute atomic E-state index is 12.9. The minimum absolute atomic E-state index is 0.179. The lowest BCUT2D eigenvalue weighted by atomic mass is 9.85. The van der Waals surface area contributed by atoms with E-state index in [1.807, 2.05) is 25.2 Å². The number of allylic oxidation sites excluding steroid dienone is 3. The van der Waals surface area contributed by atoms with Crippen LogP contribution in [-0.2, 0) is 12.8 Å². The van der Waals surface area contributed by atoms with Crippen molar-refractivity contribution in [2.45, 2.75) is 79.1 Å². The van der Waals surface area contributed by atoms with Gasteiger partial charge >= 0.3 is 0 Å². The molecular weight excluding hydrogens is 973 g/mol. The van der Waals surface area contributed by atoms with Gasteiger partial charge in [-0.1, -0.05) is 202 Å². The molecule has 4 heteroatoms. The highest BCUT2D eigenvalue weighted by Gasteiger charge is 2.30. The standard InChI is InChI=1S/C76H66N2O2/c1-6-9-33-69(72(79)47-51-22-18-27-56(46-51)58-28-15-13-23-52(58)7-2)78(67-34-17-10-21-50(67)5)71-48-66(54-25-11-12-26-54)60-43-44-64-68(45-39-55-38-42-65(71)74(60)73(55)64)77(57-40-36-49(4)37-41-57)70-35-20-32-63-62-31-19-30-61(75(62)80-76(63)70)59-29-16-14-24-53(59)8-3/h6,9-10,13-24,27-48,54,79H,7-8,11-12,25-26H2,1-5H3/b9-6-,69-33+,72-47-. The predicted molar refractivity (Wildman–Crippen MR) is 341 cm³/mol. The molecule has 1 heterocycles. The lowest BCUT2D eigenvalue weighted by molar-refractivity contribution is 0.427. The summed E-state index contributed by atoms with van der Waals surface area (Å²) in [5, 5.41) is 22.3. The fraction of sp³-hybridized carbons (Fsp3) is 0.158. The first-order valence-electron chi connectivity index (χ1n) is 28.7. The van der Waals surface area contributed by atoms with Crippen LogP contribution in [0.5, 0.6) is 0 Å². The fourth-order valence-corrected chi connectivity index (χ4v) is 13.0. The van der Waals surface area contributed by atoms with Gasteiger partial charge in [-0.25, -0.2) is 0 Å². The van der Waals surface area contributed by atoms with E-state index in [1.165, 1.54) is 67.8 Å². The van der Waals surface area contributed by atoms with Gasteiger partial charge in [0.25, 0.3) is 0 Å².